The highest BCUT2D eigenvalue weighted by Gasteiger charge is 2.11. The van der Waals surface area contributed by atoms with Crippen LogP contribution in [0.2, 0.25) is 0 Å². The van der Waals surface area contributed by atoms with Crippen LogP contribution in [0.4, 0.5) is 0 Å². The molecule has 0 saturated carbocycles. The van der Waals surface area contributed by atoms with Crippen LogP contribution in [0.15, 0.2) is 30.3 Å². The van der Waals surface area contributed by atoms with Gasteiger partial charge in [0.15, 0.2) is 0 Å². The molecule has 142 valence electrons. The average Bonchev–Trinajstić information content (AvgIpc) is 2.49. The molecule has 7 heteroatoms. The van der Waals surface area contributed by atoms with E-state index in [2.05, 4.69) is 4.98 Å². The summed E-state index contributed by atoms with van der Waals surface area (Å²) in [7, 11) is 5.65. The number of aromatic hydroxyl groups is 1. The summed E-state index contributed by atoms with van der Waals surface area (Å²) < 4.78 is 5.16. The summed E-state index contributed by atoms with van der Waals surface area (Å²) in [4.78, 5) is 6.54. The Morgan fingerprint density at radius 2 is 1.68 bits per heavy atom. The first-order chi connectivity index (χ1) is 10.5. The first-order valence-electron chi connectivity index (χ1n) is 7.45. The van der Waals surface area contributed by atoms with Crippen LogP contribution >= 0.6 is 24.8 Å². The first-order valence-corrected chi connectivity index (χ1v) is 7.45. The maximum atomic E-state index is 10.4. The van der Waals surface area contributed by atoms with E-state index in [0.29, 0.717) is 12.3 Å². The zero-order chi connectivity index (χ0) is 16.1. The third-order valence-electron chi connectivity index (χ3n) is 3.57. The Morgan fingerprint density at radius 3 is 2.20 bits per heavy atom. The fourth-order valence-corrected chi connectivity index (χ4v) is 2.49. The van der Waals surface area contributed by atoms with Gasteiger partial charge in [0.2, 0.25) is 0 Å². The molecule has 25 heavy (non-hydrogen) atoms. The summed E-state index contributed by atoms with van der Waals surface area (Å²) in [5.74, 6) is 1.18. The van der Waals surface area contributed by atoms with Gasteiger partial charge in [0.1, 0.15) is 11.5 Å². The molecule has 0 aliphatic carbocycles. The molecule has 1 heterocycles. The number of halogens is 2. The van der Waals surface area contributed by atoms with E-state index in [1.165, 1.54) is 5.56 Å². The lowest BCUT2D eigenvalue weighted by molar-refractivity contribution is 0.382. The van der Waals surface area contributed by atoms with E-state index in [4.69, 9.17) is 4.74 Å². The highest BCUT2D eigenvalue weighted by molar-refractivity contribution is 5.85. The normalized spacial score (nSPS) is 9.64. The smallest absolute Gasteiger partial charge is 0.141 e. The number of pyridine rings is 1. The maximum Gasteiger partial charge on any atom is 0.141 e. The Labute approximate surface area is 162 Å². The number of benzene rings is 1. The highest BCUT2D eigenvalue weighted by Crippen LogP contribution is 2.24. The molecule has 1 aromatic carbocycles. The molecule has 0 unspecified atom stereocenters. The number of hydrogen-bond acceptors (Lipinski definition) is 4. The Kier molecular flexibility index (Phi) is 12.3. The van der Waals surface area contributed by atoms with Crippen molar-refractivity contribution in [2.45, 2.75) is 26.3 Å². The minimum Gasteiger partial charge on any atom is -0.506 e. The van der Waals surface area contributed by atoms with E-state index in [-0.39, 0.29) is 30.3 Å². The lowest BCUT2D eigenvalue weighted by Gasteiger charge is -2.14. The van der Waals surface area contributed by atoms with Crippen LogP contribution in [0.3, 0.4) is 0 Å². The van der Waals surface area contributed by atoms with Gasteiger partial charge in [-0.25, -0.2) is 0 Å². The second-order valence-electron chi connectivity index (χ2n) is 5.80. The van der Waals surface area contributed by atoms with Crippen LogP contribution < -0.4 is 4.74 Å². The topological polar surface area (TPSA) is 77.1 Å². The number of ether oxygens (including phenoxy) is 1. The zero-order valence-corrected chi connectivity index (χ0v) is 16.7. The molecule has 0 saturated heterocycles. The number of aromatic nitrogens is 1. The third kappa shape index (κ3) is 7.48. The molecule has 3 N–H and O–H groups in total. The van der Waals surface area contributed by atoms with Crippen LogP contribution in [0.1, 0.15) is 22.5 Å². The van der Waals surface area contributed by atoms with Crippen molar-refractivity contribution in [3.63, 3.8) is 0 Å². The van der Waals surface area contributed by atoms with Crippen molar-refractivity contribution in [2.24, 2.45) is 0 Å². The molecule has 0 aliphatic heterocycles. The molecule has 0 atom stereocenters. The Morgan fingerprint density at radius 1 is 1.08 bits per heavy atom. The summed E-state index contributed by atoms with van der Waals surface area (Å²) in [5.41, 5.74) is 3.85. The van der Waals surface area contributed by atoms with Gasteiger partial charge in [-0.05, 0) is 57.6 Å². The van der Waals surface area contributed by atoms with Crippen molar-refractivity contribution in [3.8, 4) is 11.5 Å². The van der Waals surface area contributed by atoms with Gasteiger partial charge in [-0.2, -0.15) is 0 Å². The number of rotatable bonds is 6. The van der Waals surface area contributed by atoms with Gasteiger partial charge >= 0.3 is 0 Å². The largest absolute Gasteiger partial charge is 0.506 e. The monoisotopic (exact) mass is 390 g/mol. The highest BCUT2D eigenvalue weighted by atomic mass is 35.5. The molecule has 0 fully saturated rings. The zero-order valence-electron chi connectivity index (χ0n) is 15.1. The number of aryl methyl sites for hydroxylation is 3. The maximum absolute atomic E-state index is 10.4. The summed E-state index contributed by atoms with van der Waals surface area (Å²) >= 11 is 0. The predicted octanol–water partition coefficient (Wildman–Crippen LogP) is 2.97. The molecule has 0 amide bonds. The first kappa shape index (κ1) is 25.7. The summed E-state index contributed by atoms with van der Waals surface area (Å²) in [6, 6.07) is 9.96. The SMILES string of the molecule is COc1ccc(CCc2nc(C)cc(CN(C)C)c2O)cc1.Cl.Cl.O. The summed E-state index contributed by atoms with van der Waals surface area (Å²) in [6.45, 7) is 2.68. The van der Waals surface area contributed by atoms with Gasteiger partial charge in [-0.3, -0.25) is 4.98 Å². The van der Waals surface area contributed by atoms with Crippen molar-refractivity contribution >= 4 is 24.8 Å². The van der Waals surface area contributed by atoms with Gasteiger partial charge in [0.25, 0.3) is 0 Å². The quantitative estimate of drug-likeness (QED) is 0.821. The number of methoxy groups -OCH3 is 1. The second-order valence-corrected chi connectivity index (χ2v) is 5.80. The molecule has 0 spiro atoms. The van der Waals surface area contributed by atoms with E-state index < -0.39 is 0 Å². The lowest BCUT2D eigenvalue weighted by atomic mass is 10.0. The van der Waals surface area contributed by atoms with E-state index in [9.17, 15) is 5.11 Å². The van der Waals surface area contributed by atoms with E-state index in [1.807, 2.05) is 56.3 Å². The molecule has 2 aromatic rings. The van der Waals surface area contributed by atoms with E-state index >= 15 is 0 Å². The van der Waals surface area contributed by atoms with Crippen molar-refractivity contribution < 1.29 is 15.3 Å². The van der Waals surface area contributed by atoms with Crippen LogP contribution in [-0.4, -0.2) is 41.7 Å². The number of nitrogens with zero attached hydrogens (tertiary/aromatic N) is 2. The van der Waals surface area contributed by atoms with Gasteiger partial charge in [0, 0.05) is 17.8 Å². The Hall–Kier alpha value is -1.53. The third-order valence-corrected chi connectivity index (χ3v) is 3.57. The molecular formula is C18H28Cl2N2O3. The van der Waals surface area contributed by atoms with Crippen LogP contribution in [0, 0.1) is 6.92 Å². The molecular weight excluding hydrogens is 363 g/mol. The molecule has 0 aliphatic rings. The fourth-order valence-electron chi connectivity index (χ4n) is 2.49. The molecule has 5 nitrogen and oxygen atoms in total. The average molecular weight is 391 g/mol. The Balaban J connectivity index is 0. The molecule has 0 radical (unpaired) electrons. The standard InChI is InChI=1S/C18H24N2O2.2ClH.H2O/c1-13-11-15(12-20(2)3)18(21)17(19-13)10-7-14-5-8-16(22-4)9-6-14;;;/h5-6,8-9,11,21H,7,10,12H2,1-4H3;2*1H;1H2. The van der Waals surface area contributed by atoms with Crippen molar-refractivity contribution in [3.05, 3.63) is 52.8 Å². The van der Waals surface area contributed by atoms with Gasteiger partial charge in [-0.15, -0.1) is 24.8 Å². The van der Waals surface area contributed by atoms with Gasteiger partial charge in [-0.1, -0.05) is 12.1 Å². The van der Waals surface area contributed by atoms with Gasteiger partial charge in [0.05, 0.1) is 12.8 Å². The van der Waals surface area contributed by atoms with Crippen LogP contribution in [-0.2, 0) is 19.4 Å². The van der Waals surface area contributed by atoms with Crippen molar-refractivity contribution in [1.29, 1.82) is 0 Å². The van der Waals surface area contributed by atoms with E-state index in [1.54, 1.807) is 7.11 Å². The minimum atomic E-state index is 0. The van der Waals surface area contributed by atoms with Crippen LogP contribution in [0.25, 0.3) is 0 Å². The molecule has 0 bridgehead atoms. The van der Waals surface area contributed by atoms with Crippen molar-refractivity contribution in [2.75, 3.05) is 21.2 Å². The minimum absolute atomic E-state index is 0. The Bertz CT molecular complexity index is 635. The lowest BCUT2D eigenvalue weighted by Crippen LogP contribution is -2.12. The molecule has 1 aromatic heterocycles. The van der Waals surface area contributed by atoms with Crippen molar-refractivity contribution in [1.82, 2.24) is 9.88 Å². The number of hydrogen-bond donors (Lipinski definition) is 1. The van der Waals surface area contributed by atoms with Gasteiger partial charge < -0.3 is 20.2 Å². The van der Waals surface area contributed by atoms with Crippen LogP contribution in [0.5, 0.6) is 11.5 Å². The van der Waals surface area contributed by atoms with E-state index in [0.717, 1.165) is 35.5 Å². The second kappa shape index (κ2) is 11.9. The predicted molar refractivity (Wildman–Crippen MR) is 107 cm³/mol. The fraction of sp³-hybridized carbons (Fsp3) is 0.389. The summed E-state index contributed by atoms with van der Waals surface area (Å²) in [5, 5.41) is 10.4. The summed E-state index contributed by atoms with van der Waals surface area (Å²) in [6.07, 6.45) is 1.57. The molecule has 2 rings (SSSR count).